The molecule has 130 valence electrons. The molecule has 0 aromatic heterocycles. The Morgan fingerprint density at radius 3 is 2.33 bits per heavy atom. The molecule has 0 aliphatic heterocycles. The van der Waals surface area contributed by atoms with E-state index in [4.69, 9.17) is 4.74 Å². The molecule has 0 saturated heterocycles. The third-order valence-corrected chi connectivity index (χ3v) is 4.28. The number of hydrogen-bond donors (Lipinski definition) is 2. The zero-order valence-electron chi connectivity index (χ0n) is 14.0. The van der Waals surface area contributed by atoms with E-state index in [1.54, 1.807) is 12.1 Å². The average Bonchev–Trinajstić information content (AvgIpc) is 2.64. The highest BCUT2D eigenvalue weighted by Crippen LogP contribution is 2.32. The van der Waals surface area contributed by atoms with Gasteiger partial charge in [-0.1, -0.05) is 31.4 Å². The number of carbonyl (C=O) groups is 3. The van der Waals surface area contributed by atoms with Gasteiger partial charge in [0.2, 0.25) is 5.91 Å². The summed E-state index contributed by atoms with van der Waals surface area (Å²) in [6, 6.07) is 7.43. The molecule has 24 heavy (non-hydrogen) atoms. The number of hydrogen-bond acceptors (Lipinski definition) is 4. The number of esters is 1. The first kappa shape index (κ1) is 18.0. The normalized spacial score (nSPS) is 14.7. The summed E-state index contributed by atoms with van der Waals surface area (Å²) in [5.41, 5.74) is 1.68. The van der Waals surface area contributed by atoms with Crippen molar-refractivity contribution in [1.29, 1.82) is 0 Å². The second-order valence-electron chi connectivity index (χ2n) is 5.98. The van der Waals surface area contributed by atoms with Crippen LogP contribution in [0.1, 0.15) is 53.9 Å². The van der Waals surface area contributed by atoms with E-state index >= 15 is 0 Å². The van der Waals surface area contributed by atoms with Gasteiger partial charge in [0.25, 0.3) is 5.91 Å². The minimum absolute atomic E-state index is 0.136. The Morgan fingerprint density at radius 1 is 1.04 bits per heavy atom. The van der Waals surface area contributed by atoms with Gasteiger partial charge in [0, 0.05) is 7.05 Å². The van der Waals surface area contributed by atoms with Crippen LogP contribution in [-0.2, 0) is 14.3 Å². The SMILES string of the molecule is CNC(=O)CNC(=O)COC(=O)c1ccc(C2CCCCC2)cc1. The van der Waals surface area contributed by atoms with Crippen LogP contribution in [0, 0.1) is 0 Å². The number of ether oxygens (including phenoxy) is 1. The van der Waals surface area contributed by atoms with E-state index in [2.05, 4.69) is 10.6 Å². The van der Waals surface area contributed by atoms with Crippen LogP contribution >= 0.6 is 0 Å². The molecule has 0 heterocycles. The molecule has 1 saturated carbocycles. The molecule has 1 aliphatic rings. The second-order valence-corrected chi connectivity index (χ2v) is 5.98. The Bertz CT molecular complexity index is 577. The van der Waals surface area contributed by atoms with Crippen molar-refractivity contribution < 1.29 is 19.1 Å². The summed E-state index contributed by atoms with van der Waals surface area (Å²) in [6.45, 7) is -0.539. The Hall–Kier alpha value is -2.37. The van der Waals surface area contributed by atoms with Crippen molar-refractivity contribution in [3.05, 3.63) is 35.4 Å². The summed E-state index contributed by atoms with van der Waals surface area (Å²) in [4.78, 5) is 34.4. The number of amides is 2. The summed E-state index contributed by atoms with van der Waals surface area (Å²) in [6.07, 6.45) is 6.24. The number of rotatable bonds is 6. The molecule has 1 aliphatic carbocycles. The van der Waals surface area contributed by atoms with Crippen LogP contribution in [0.25, 0.3) is 0 Å². The van der Waals surface area contributed by atoms with E-state index in [1.807, 2.05) is 12.1 Å². The van der Waals surface area contributed by atoms with E-state index in [-0.39, 0.29) is 12.5 Å². The van der Waals surface area contributed by atoms with Gasteiger partial charge in [-0.15, -0.1) is 0 Å². The second kappa shape index (κ2) is 9.05. The standard InChI is InChI=1S/C18H24N2O4/c1-19-16(21)11-20-17(22)12-24-18(23)15-9-7-14(8-10-15)13-5-3-2-4-6-13/h7-10,13H,2-6,11-12H2,1H3,(H,19,21)(H,20,22). The van der Waals surface area contributed by atoms with Crippen molar-refractivity contribution in [3.8, 4) is 0 Å². The van der Waals surface area contributed by atoms with E-state index < -0.39 is 18.5 Å². The summed E-state index contributed by atoms with van der Waals surface area (Å²) < 4.78 is 4.96. The maximum absolute atomic E-state index is 11.9. The molecule has 0 atom stereocenters. The highest BCUT2D eigenvalue weighted by atomic mass is 16.5. The molecule has 2 N–H and O–H groups in total. The molecule has 2 rings (SSSR count). The largest absolute Gasteiger partial charge is 0.452 e. The molecule has 0 bridgehead atoms. The van der Waals surface area contributed by atoms with Gasteiger partial charge < -0.3 is 15.4 Å². The first-order valence-electron chi connectivity index (χ1n) is 8.34. The summed E-state index contributed by atoms with van der Waals surface area (Å²) in [5, 5.41) is 4.75. The highest BCUT2D eigenvalue weighted by molar-refractivity contribution is 5.92. The lowest BCUT2D eigenvalue weighted by Crippen LogP contribution is -2.37. The molecule has 0 unspecified atom stereocenters. The fraction of sp³-hybridized carbons (Fsp3) is 0.500. The van der Waals surface area contributed by atoms with Gasteiger partial charge in [0.05, 0.1) is 12.1 Å². The Kier molecular flexibility index (Phi) is 6.78. The zero-order valence-corrected chi connectivity index (χ0v) is 14.0. The topological polar surface area (TPSA) is 84.5 Å². The first-order chi connectivity index (χ1) is 11.6. The highest BCUT2D eigenvalue weighted by Gasteiger charge is 2.16. The van der Waals surface area contributed by atoms with E-state index in [9.17, 15) is 14.4 Å². The number of carbonyl (C=O) groups excluding carboxylic acids is 3. The monoisotopic (exact) mass is 332 g/mol. The fourth-order valence-corrected chi connectivity index (χ4v) is 2.86. The first-order valence-corrected chi connectivity index (χ1v) is 8.34. The van der Waals surface area contributed by atoms with Crippen molar-refractivity contribution in [2.75, 3.05) is 20.2 Å². The van der Waals surface area contributed by atoms with E-state index in [0.717, 1.165) is 0 Å². The van der Waals surface area contributed by atoms with E-state index in [1.165, 1.54) is 44.7 Å². The third kappa shape index (κ3) is 5.37. The minimum Gasteiger partial charge on any atom is -0.452 e. The smallest absolute Gasteiger partial charge is 0.338 e. The number of likely N-dealkylation sites (N-methyl/N-ethyl adjacent to an activating group) is 1. The zero-order chi connectivity index (χ0) is 17.4. The quantitative estimate of drug-likeness (QED) is 0.777. The van der Waals surface area contributed by atoms with Crippen molar-refractivity contribution in [1.82, 2.24) is 10.6 Å². The molecule has 1 aromatic carbocycles. The maximum atomic E-state index is 11.9. The van der Waals surface area contributed by atoms with Crippen LogP contribution in [0.3, 0.4) is 0 Å². The molecular weight excluding hydrogens is 308 g/mol. The molecule has 0 radical (unpaired) electrons. The van der Waals surface area contributed by atoms with Gasteiger partial charge in [0.1, 0.15) is 0 Å². The lowest BCUT2D eigenvalue weighted by atomic mass is 9.84. The molecule has 6 heteroatoms. The Morgan fingerprint density at radius 2 is 1.71 bits per heavy atom. The van der Waals surface area contributed by atoms with Crippen molar-refractivity contribution in [3.63, 3.8) is 0 Å². The maximum Gasteiger partial charge on any atom is 0.338 e. The van der Waals surface area contributed by atoms with Crippen molar-refractivity contribution in [2.24, 2.45) is 0 Å². The van der Waals surface area contributed by atoms with Crippen LogP contribution in [0.2, 0.25) is 0 Å². The lowest BCUT2D eigenvalue weighted by molar-refractivity contribution is -0.127. The Balaban J connectivity index is 1.79. The number of nitrogens with one attached hydrogen (secondary N) is 2. The van der Waals surface area contributed by atoms with Gasteiger partial charge in [-0.25, -0.2) is 4.79 Å². The molecule has 0 spiro atoms. The van der Waals surface area contributed by atoms with Crippen LogP contribution in [0.5, 0.6) is 0 Å². The van der Waals surface area contributed by atoms with Crippen LogP contribution < -0.4 is 10.6 Å². The van der Waals surface area contributed by atoms with Crippen molar-refractivity contribution >= 4 is 17.8 Å². The Labute approximate surface area is 142 Å². The summed E-state index contributed by atoms with van der Waals surface area (Å²) in [7, 11) is 1.48. The molecule has 1 fully saturated rings. The van der Waals surface area contributed by atoms with Gasteiger partial charge in [-0.2, -0.15) is 0 Å². The fourth-order valence-electron chi connectivity index (χ4n) is 2.86. The molecule has 2 amide bonds. The van der Waals surface area contributed by atoms with E-state index in [0.29, 0.717) is 11.5 Å². The van der Waals surface area contributed by atoms with Crippen LogP contribution in [0.4, 0.5) is 0 Å². The van der Waals surface area contributed by atoms with Crippen LogP contribution in [-0.4, -0.2) is 38.0 Å². The average molecular weight is 332 g/mol. The molecular formula is C18H24N2O4. The third-order valence-electron chi connectivity index (χ3n) is 4.28. The van der Waals surface area contributed by atoms with Crippen LogP contribution in [0.15, 0.2) is 24.3 Å². The van der Waals surface area contributed by atoms with Gasteiger partial charge in [-0.05, 0) is 36.5 Å². The molecule has 1 aromatic rings. The predicted molar refractivity (Wildman–Crippen MR) is 89.6 cm³/mol. The van der Waals surface area contributed by atoms with Gasteiger partial charge >= 0.3 is 5.97 Å². The van der Waals surface area contributed by atoms with Crippen molar-refractivity contribution in [2.45, 2.75) is 38.0 Å². The summed E-state index contributed by atoms with van der Waals surface area (Å²) in [5.74, 6) is -0.779. The lowest BCUT2D eigenvalue weighted by Gasteiger charge is -2.21. The summed E-state index contributed by atoms with van der Waals surface area (Å²) >= 11 is 0. The van der Waals surface area contributed by atoms with Gasteiger partial charge in [0.15, 0.2) is 6.61 Å². The minimum atomic E-state index is -0.541. The van der Waals surface area contributed by atoms with Gasteiger partial charge in [-0.3, -0.25) is 9.59 Å². The molecule has 6 nitrogen and oxygen atoms in total. The predicted octanol–water partition coefficient (Wildman–Crippen LogP) is 1.75. The number of benzene rings is 1.